The van der Waals surface area contributed by atoms with Crippen LogP contribution in [0.15, 0.2) is 42.5 Å². The van der Waals surface area contributed by atoms with Crippen molar-refractivity contribution in [3.05, 3.63) is 65.2 Å². The van der Waals surface area contributed by atoms with E-state index in [0.29, 0.717) is 11.3 Å². The van der Waals surface area contributed by atoms with Gasteiger partial charge in [0.15, 0.2) is 11.6 Å². The van der Waals surface area contributed by atoms with Gasteiger partial charge in [-0.15, -0.1) is 0 Å². The van der Waals surface area contributed by atoms with Crippen LogP contribution in [0.25, 0.3) is 0 Å². The van der Waals surface area contributed by atoms with E-state index in [2.05, 4.69) is 5.32 Å². The largest absolute Gasteiger partial charge is 0.492 e. The molecule has 1 atom stereocenters. The molecule has 1 unspecified atom stereocenters. The number of rotatable bonds is 5. The lowest BCUT2D eigenvalue weighted by Gasteiger charge is -2.18. The molecular weight excluding hydrogens is 260 g/mol. The molecule has 0 spiro atoms. The lowest BCUT2D eigenvalue weighted by atomic mass is 10.0. The number of hydrogen-bond acceptors (Lipinski definition) is 2. The SMILES string of the molecule is CNC(COc1ccccc1)c1ccc(C)c(F)c1F. The summed E-state index contributed by atoms with van der Waals surface area (Å²) in [5, 5.41) is 2.94. The van der Waals surface area contributed by atoms with E-state index in [0.717, 1.165) is 0 Å². The average Bonchev–Trinajstić information content (AvgIpc) is 2.48. The van der Waals surface area contributed by atoms with Crippen molar-refractivity contribution in [1.82, 2.24) is 5.32 Å². The van der Waals surface area contributed by atoms with Gasteiger partial charge >= 0.3 is 0 Å². The zero-order valence-electron chi connectivity index (χ0n) is 11.5. The van der Waals surface area contributed by atoms with E-state index >= 15 is 0 Å². The number of para-hydroxylation sites is 1. The molecule has 2 aromatic rings. The summed E-state index contributed by atoms with van der Waals surface area (Å²) in [5.74, 6) is -0.927. The van der Waals surface area contributed by atoms with E-state index in [-0.39, 0.29) is 12.2 Å². The molecule has 0 bridgehead atoms. The maximum atomic E-state index is 14.0. The standard InChI is InChI=1S/C16H17F2NO/c1-11-8-9-13(16(18)15(11)17)14(19-2)10-20-12-6-4-3-5-7-12/h3-9,14,19H,10H2,1-2H3. The summed E-state index contributed by atoms with van der Waals surface area (Å²) in [6.45, 7) is 1.76. The zero-order valence-corrected chi connectivity index (χ0v) is 11.5. The molecule has 2 aromatic carbocycles. The monoisotopic (exact) mass is 277 g/mol. The first-order chi connectivity index (χ1) is 9.63. The van der Waals surface area contributed by atoms with Gasteiger partial charge in [0.1, 0.15) is 12.4 Å². The third kappa shape index (κ3) is 3.14. The molecular formula is C16H17F2NO. The van der Waals surface area contributed by atoms with Crippen LogP contribution in [-0.2, 0) is 0 Å². The van der Waals surface area contributed by atoms with Crippen LogP contribution in [0.3, 0.4) is 0 Å². The second kappa shape index (κ2) is 6.48. The van der Waals surface area contributed by atoms with Gasteiger partial charge < -0.3 is 10.1 Å². The highest BCUT2D eigenvalue weighted by Gasteiger charge is 2.18. The minimum Gasteiger partial charge on any atom is -0.492 e. The molecule has 0 amide bonds. The summed E-state index contributed by atoms with van der Waals surface area (Å²) in [6.07, 6.45) is 0. The summed E-state index contributed by atoms with van der Waals surface area (Å²) in [6, 6.07) is 12.0. The molecule has 0 aliphatic rings. The Morgan fingerprint density at radius 2 is 1.75 bits per heavy atom. The van der Waals surface area contributed by atoms with Gasteiger partial charge in [-0.1, -0.05) is 30.3 Å². The smallest absolute Gasteiger partial charge is 0.163 e. The van der Waals surface area contributed by atoms with Gasteiger partial charge in [-0.3, -0.25) is 0 Å². The number of hydrogen-bond donors (Lipinski definition) is 1. The molecule has 4 heteroatoms. The summed E-state index contributed by atoms with van der Waals surface area (Å²) < 4.78 is 33.1. The molecule has 0 saturated heterocycles. The molecule has 0 aliphatic carbocycles. The van der Waals surface area contributed by atoms with E-state index < -0.39 is 17.7 Å². The van der Waals surface area contributed by atoms with Gasteiger partial charge in [-0.25, -0.2) is 8.78 Å². The normalized spacial score (nSPS) is 12.2. The van der Waals surface area contributed by atoms with Gasteiger partial charge in [0.25, 0.3) is 0 Å². The van der Waals surface area contributed by atoms with Crippen molar-refractivity contribution in [2.45, 2.75) is 13.0 Å². The van der Waals surface area contributed by atoms with Crippen LogP contribution < -0.4 is 10.1 Å². The second-order valence-corrected chi connectivity index (χ2v) is 4.56. The van der Waals surface area contributed by atoms with E-state index in [9.17, 15) is 8.78 Å². The number of benzene rings is 2. The van der Waals surface area contributed by atoms with E-state index in [4.69, 9.17) is 4.74 Å². The van der Waals surface area contributed by atoms with Crippen LogP contribution in [0.4, 0.5) is 8.78 Å². The molecule has 0 saturated carbocycles. The Hall–Kier alpha value is -1.94. The van der Waals surface area contributed by atoms with Gasteiger partial charge in [0, 0.05) is 5.56 Å². The quantitative estimate of drug-likeness (QED) is 0.901. The average molecular weight is 277 g/mol. The van der Waals surface area contributed by atoms with Crippen molar-refractivity contribution in [2.24, 2.45) is 0 Å². The molecule has 2 rings (SSSR count). The second-order valence-electron chi connectivity index (χ2n) is 4.56. The fourth-order valence-corrected chi connectivity index (χ4v) is 1.95. The molecule has 20 heavy (non-hydrogen) atoms. The maximum Gasteiger partial charge on any atom is 0.163 e. The van der Waals surface area contributed by atoms with Crippen LogP contribution in [-0.4, -0.2) is 13.7 Å². The van der Waals surface area contributed by atoms with Gasteiger partial charge in [-0.05, 0) is 31.7 Å². The summed E-state index contributed by atoms with van der Waals surface area (Å²) in [4.78, 5) is 0. The lowest BCUT2D eigenvalue weighted by Crippen LogP contribution is -2.24. The Bertz CT molecular complexity index is 572. The topological polar surface area (TPSA) is 21.3 Å². The Morgan fingerprint density at radius 1 is 1.05 bits per heavy atom. The Kier molecular flexibility index (Phi) is 4.69. The molecule has 0 fully saturated rings. The molecule has 0 aliphatic heterocycles. The molecule has 1 N–H and O–H groups in total. The number of likely N-dealkylation sites (N-methyl/N-ethyl adjacent to an activating group) is 1. The molecule has 2 nitrogen and oxygen atoms in total. The number of ether oxygens (including phenoxy) is 1. The third-order valence-corrected chi connectivity index (χ3v) is 3.19. The maximum absolute atomic E-state index is 14.0. The van der Waals surface area contributed by atoms with Crippen molar-refractivity contribution in [2.75, 3.05) is 13.7 Å². The predicted octanol–water partition coefficient (Wildman–Crippen LogP) is 3.61. The zero-order chi connectivity index (χ0) is 14.5. The Balaban J connectivity index is 2.15. The van der Waals surface area contributed by atoms with Crippen LogP contribution in [0, 0.1) is 18.6 Å². The fourth-order valence-electron chi connectivity index (χ4n) is 1.95. The fraction of sp³-hybridized carbons (Fsp3) is 0.250. The van der Waals surface area contributed by atoms with Crippen molar-refractivity contribution in [1.29, 1.82) is 0 Å². The summed E-state index contributed by atoms with van der Waals surface area (Å²) in [5.41, 5.74) is 0.566. The highest BCUT2D eigenvalue weighted by Crippen LogP contribution is 2.22. The van der Waals surface area contributed by atoms with E-state index in [1.165, 1.54) is 6.92 Å². The minimum absolute atomic E-state index is 0.222. The molecule has 106 valence electrons. The van der Waals surface area contributed by atoms with E-state index in [1.54, 1.807) is 19.2 Å². The van der Waals surface area contributed by atoms with Crippen molar-refractivity contribution >= 4 is 0 Å². The van der Waals surface area contributed by atoms with Crippen LogP contribution in [0.1, 0.15) is 17.2 Å². The Labute approximate surface area is 117 Å². The minimum atomic E-state index is -0.819. The first-order valence-corrected chi connectivity index (χ1v) is 6.43. The molecule has 0 radical (unpaired) electrons. The third-order valence-electron chi connectivity index (χ3n) is 3.19. The van der Waals surface area contributed by atoms with Crippen LogP contribution >= 0.6 is 0 Å². The van der Waals surface area contributed by atoms with Crippen LogP contribution in [0.5, 0.6) is 5.75 Å². The van der Waals surface area contributed by atoms with Gasteiger partial charge in [0.05, 0.1) is 6.04 Å². The summed E-state index contributed by atoms with van der Waals surface area (Å²) in [7, 11) is 1.69. The predicted molar refractivity (Wildman–Crippen MR) is 74.8 cm³/mol. The number of nitrogens with one attached hydrogen (secondary N) is 1. The summed E-state index contributed by atoms with van der Waals surface area (Å²) >= 11 is 0. The number of halogens is 2. The molecule has 0 aromatic heterocycles. The van der Waals surface area contributed by atoms with Crippen molar-refractivity contribution in [3.8, 4) is 5.75 Å². The first-order valence-electron chi connectivity index (χ1n) is 6.43. The lowest BCUT2D eigenvalue weighted by molar-refractivity contribution is 0.268. The van der Waals surface area contributed by atoms with Crippen LogP contribution in [0.2, 0.25) is 0 Å². The first kappa shape index (κ1) is 14.5. The highest BCUT2D eigenvalue weighted by atomic mass is 19.2. The number of aryl methyl sites for hydroxylation is 1. The highest BCUT2D eigenvalue weighted by molar-refractivity contribution is 5.28. The van der Waals surface area contributed by atoms with Gasteiger partial charge in [-0.2, -0.15) is 0 Å². The van der Waals surface area contributed by atoms with E-state index in [1.807, 2.05) is 30.3 Å². The Morgan fingerprint density at radius 3 is 2.40 bits per heavy atom. The van der Waals surface area contributed by atoms with Crippen molar-refractivity contribution < 1.29 is 13.5 Å². The van der Waals surface area contributed by atoms with Crippen molar-refractivity contribution in [3.63, 3.8) is 0 Å². The molecule has 0 heterocycles. The van der Waals surface area contributed by atoms with Gasteiger partial charge in [0.2, 0.25) is 0 Å².